The number of nitrogens with zero attached hydrogens (tertiary/aromatic N) is 1. The Balaban J connectivity index is 2.33. The van der Waals surface area contributed by atoms with Gasteiger partial charge in [-0.2, -0.15) is 0 Å². The van der Waals surface area contributed by atoms with Gasteiger partial charge in [-0.3, -0.25) is 4.79 Å². The first-order valence-corrected chi connectivity index (χ1v) is 6.21. The molecule has 0 unspecified atom stereocenters. The molecule has 1 aromatic carbocycles. The van der Waals surface area contributed by atoms with Crippen LogP contribution in [0.3, 0.4) is 0 Å². The van der Waals surface area contributed by atoms with Crippen LogP contribution in [-0.4, -0.2) is 9.97 Å². The molecule has 3 aromatic rings. The summed E-state index contributed by atoms with van der Waals surface area (Å²) >= 11 is 0. The van der Waals surface area contributed by atoms with Crippen molar-refractivity contribution < 1.29 is 0 Å². The lowest BCUT2D eigenvalue weighted by Gasteiger charge is -2.07. The van der Waals surface area contributed by atoms with E-state index in [4.69, 9.17) is 0 Å². The second kappa shape index (κ2) is 4.35. The van der Waals surface area contributed by atoms with E-state index in [0.29, 0.717) is 11.2 Å². The highest BCUT2D eigenvalue weighted by atomic mass is 16.1. The summed E-state index contributed by atoms with van der Waals surface area (Å²) in [5, 5.41) is 0.943. The van der Waals surface area contributed by atoms with Crippen molar-refractivity contribution in [1.82, 2.24) is 9.97 Å². The summed E-state index contributed by atoms with van der Waals surface area (Å²) in [6.07, 6.45) is 1.68. The van der Waals surface area contributed by atoms with E-state index in [2.05, 4.69) is 16.0 Å². The number of rotatable bonds is 1. The van der Waals surface area contributed by atoms with Crippen molar-refractivity contribution in [3.8, 4) is 11.1 Å². The fourth-order valence-electron chi connectivity index (χ4n) is 2.26. The highest BCUT2D eigenvalue weighted by molar-refractivity contribution is 5.81. The molecule has 0 spiro atoms. The molecule has 0 bridgehead atoms. The Bertz CT molecular complexity index is 818. The Kier molecular flexibility index (Phi) is 2.67. The summed E-state index contributed by atoms with van der Waals surface area (Å²) in [6, 6.07) is 11.9. The van der Waals surface area contributed by atoms with Crippen LogP contribution in [0.25, 0.3) is 22.2 Å². The Morgan fingerprint density at radius 2 is 1.89 bits per heavy atom. The van der Waals surface area contributed by atoms with E-state index in [1.54, 1.807) is 6.20 Å². The molecule has 0 radical (unpaired) electrons. The van der Waals surface area contributed by atoms with Gasteiger partial charge in [-0.05, 0) is 43.2 Å². The summed E-state index contributed by atoms with van der Waals surface area (Å²) in [5.41, 5.74) is 4.45. The molecule has 19 heavy (non-hydrogen) atoms. The van der Waals surface area contributed by atoms with Crippen molar-refractivity contribution in [3.05, 3.63) is 64.1 Å². The summed E-state index contributed by atoms with van der Waals surface area (Å²) in [5.74, 6) is 0. The maximum absolute atomic E-state index is 12.2. The van der Waals surface area contributed by atoms with Crippen LogP contribution >= 0.6 is 0 Å². The van der Waals surface area contributed by atoms with Gasteiger partial charge in [0.1, 0.15) is 5.65 Å². The maximum Gasteiger partial charge on any atom is 0.257 e. The number of H-pyrrole nitrogens is 1. The van der Waals surface area contributed by atoms with Crippen LogP contribution < -0.4 is 5.56 Å². The molecule has 1 N–H and O–H groups in total. The normalized spacial score (nSPS) is 10.8. The third kappa shape index (κ3) is 2.03. The number of benzene rings is 1. The molecule has 3 rings (SSSR count). The molecule has 2 aromatic heterocycles. The zero-order valence-corrected chi connectivity index (χ0v) is 10.9. The Hall–Kier alpha value is -2.42. The number of nitrogens with one attached hydrogen (secondary N) is 1. The lowest BCUT2D eigenvalue weighted by Crippen LogP contribution is -2.10. The van der Waals surface area contributed by atoms with Gasteiger partial charge in [-0.1, -0.05) is 23.8 Å². The second-order valence-corrected chi connectivity index (χ2v) is 4.77. The first kappa shape index (κ1) is 11.7. The number of aromatic nitrogens is 2. The summed E-state index contributed by atoms with van der Waals surface area (Å²) in [4.78, 5) is 19.2. The van der Waals surface area contributed by atoms with E-state index in [-0.39, 0.29) is 5.56 Å². The monoisotopic (exact) mass is 250 g/mol. The summed E-state index contributed by atoms with van der Waals surface area (Å²) in [6.45, 7) is 4.04. The van der Waals surface area contributed by atoms with E-state index in [0.717, 1.165) is 22.1 Å². The van der Waals surface area contributed by atoms with Crippen LogP contribution in [0.5, 0.6) is 0 Å². The molecule has 3 nitrogen and oxygen atoms in total. The van der Waals surface area contributed by atoms with E-state index < -0.39 is 0 Å². The van der Waals surface area contributed by atoms with Crippen LogP contribution in [0.1, 0.15) is 11.1 Å². The molecule has 0 fully saturated rings. The van der Waals surface area contributed by atoms with E-state index in [1.807, 2.05) is 44.2 Å². The molecule has 0 aliphatic heterocycles. The molecular weight excluding hydrogens is 236 g/mol. The predicted molar refractivity (Wildman–Crippen MR) is 77.3 cm³/mol. The Labute approximate surface area is 111 Å². The number of hydrogen-bond donors (Lipinski definition) is 1. The van der Waals surface area contributed by atoms with Gasteiger partial charge >= 0.3 is 0 Å². The molecule has 94 valence electrons. The van der Waals surface area contributed by atoms with Crippen molar-refractivity contribution in [3.63, 3.8) is 0 Å². The van der Waals surface area contributed by atoms with Crippen molar-refractivity contribution >= 4 is 11.0 Å². The zero-order chi connectivity index (χ0) is 13.4. The number of aromatic amines is 1. The molecule has 3 heteroatoms. The van der Waals surface area contributed by atoms with Crippen molar-refractivity contribution in [2.45, 2.75) is 13.8 Å². The molecule has 0 aliphatic carbocycles. The van der Waals surface area contributed by atoms with Gasteiger partial charge < -0.3 is 4.98 Å². The van der Waals surface area contributed by atoms with Crippen LogP contribution in [0.4, 0.5) is 0 Å². The minimum absolute atomic E-state index is 0.0973. The van der Waals surface area contributed by atoms with Crippen LogP contribution in [0.2, 0.25) is 0 Å². The maximum atomic E-state index is 12.2. The van der Waals surface area contributed by atoms with E-state index >= 15 is 0 Å². The first-order chi connectivity index (χ1) is 9.15. The quantitative estimate of drug-likeness (QED) is 0.720. The largest absolute Gasteiger partial charge is 0.306 e. The average molecular weight is 250 g/mol. The highest BCUT2D eigenvalue weighted by Gasteiger charge is 2.08. The fraction of sp³-hybridized carbons (Fsp3) is 0.125. The standard InChI is InChI=1S/C16H14N2O/c1-10-5-6-11(2)13(8-10)14-9-12-4-3-7-17-15(12)18-16(14)19/h3-9H,1-2H3,(H,17,18,19). The number of hydrogen-bond acceptors (Lipinski definition) is 2. The highest BCUT2D eigenvalue weighted by Crippen LogP contribution is 2.23. The summed E-state index contributed by atoms with van der Waals surface area (Å²) < 4.78 is 0. The van der Waals surface area contributed by atoms with Gasteiger partial charge in [-0.25, -0.2) is 4.98 Å². The van der Waals surface area contributed by atoms with Crippen LogP contribution in [-0.2, 0) is 0 Å². The molecule has 0 saturated heterocycles. The van der Waals surface area contributed by atoms with E-state index in [1.165, 1.54) is 0 Å². The number of pyridine rings is 2. The fourth-order valence-corrected chi connectivity index (χ4v) is 2.26. The number of fused-ring (bicyclic) bond motifs is 1. The zero-order valence-electron chi connectivity index (χ0n) is 10.9. The molecule has 0 atom stereocenters. The molecule has 0 saturated carbocycles. The first-order valence-electron chi connectivity index (χ1n) is 6.21. The SMILES string of the molecule is Cc1ccc(C)c(-c2cc3cccnc3[nH]c2=O)c1. The number of aryl methyl sites for hydroxylation is 2. The lowest BCUT2D eigenvalue weighted by molar-refractivity contribution is 1.23. The topological polar surface area (TPSA) is 45.8 Å². The van der Waals surface area contributed by atoms with Gasteiger partial charge in [-0.15, -0.1) is 0 Å². The Morgan fingerprint density at radius 3 is 2.74 bits per heavy atom. The minimum Gasteiger partial charge on any atom is -0.306 e. The van der Waals surface area contributed by atoms with Gasteiger partial charge in [0, 0.05) is 17.1 Å². The molecule has 0 aliphatic rings. The van der Waals surface area contributed by atoms with Gasteiger partial charge in [0.2, 0.25) is 0 Å². The van der Waals surface area contributed by atoms with Gasteiger partial charge in [0.15, 0.2) is 0 Å². The van der Waals surface area contributed by atoms with Gasteiger partial charge in [0.05, 0.1) is 0 Å². The lowest BCUT2D eigenvalue weighted by atomic mass is 9.99. The smallest absolute Gasteiger partial charge is 0.257 e. The van der Waals surface area contributed by atoms with Crippen LogP contribution in [0, 0.1) is 13.8 Å². The minimum atomic E-state index is -0.0973. The van der Waals surface area contributed by atoms with E-state index in [9.17, 15) is 4.79 Å². The molecule has 2 heterocycles. The van der Waals surface area contributed by atoms with Crippen molar-refractivity contribution in [2.24, 2.45) is 0 Å². The second-order valence-electron chi connectivity index (χ2n) is 4.77. The molecule has 0 amide bonds. The average Bonchev–Trinajstić information content (AvgIpc) is 2.41. The predicted octanol–water partition coefficient (Wildman–Crippen LogP) is 3.21. The van der Waals surface area contributed by atoms with Crippen molar-refractivity contribution in [2.75, 3.05) is 0 Å². The van der Waals surface area contributed by atoms with Gasteiger partial charge in [0.25, 0.3) is 5.56 Å². The molecular formula is C16H14N2O. The van der Waals surface area contributed by atoms with Crippen LogP contribution in [0.15, 0.2) is 47.4 Å². The Morgan fingerprint density at radius 1 is 1.05 bits per heavy atom. The summed E-state index contributed by atoms with van der Waals surface area (Å²) in [7, 11) is 0. The van der Waals surface area contributed by atoms with Crippen molar-refractivity contribution in [1.29, 1.82) is 0 Å². The third-order valence-corrected chi connectivity index (χ3v) is 3.30. The third-order valence-electron chi connectivity index (χ3n) is 3.30.